The van der Waals surface area contributed by atoms with Gasteiger partial charge in [-0.05, 0) is 25.2 Å². The van der Waals surface area contributed by atoms with Crippen molar-refractivity contribution < 1.29 is 9.90 Å². The van der Waals surface area contributed by atoms with E-state index in [9.17, 15) is 14.7 Å². The summed E-state index contributed by atoms with van der Waals surface area (Å²) in [5.74, 6) is -0.830. The summed E-state index contributed by atoms with van der Waals surface area (Å²) < 4.78 is 2.78. The Morgan fingerprint density at radius 2 is 2.09 bits per heavy atom. The van der Waals surface area contributed by atoms with E-state index in [0.717, 1.165) is 12.8 Å². The number of rotatable bonds is 3. The second kappa shape index (κ2) is 5.11. The van der Waals surface area contributed by atoms with Crippen LogP contribution in [-0.4, -0.2) is 31.2 Å². The van der Waals surface area contributed by atoms with Crippen LogP contribution in [0.2, 0.25) is 0 Å². The molecule has 124 valence electrons. The number of fused-ring (bicyclic) bond motifs is 1. The Balaban J connectivity index is 2.22. The molecule has 2 heterocycles. The highest BCUT2D eigenvalue weighted by molar-refractivity contribution is 5.96. The Morgan fingerprint density at radius 1 is 1.43 bits per heavy atom. The maximum absolute atomic E-state index is 12.6. The van der Waals surface area contributed by atoms with Gasteiger partial charge in [-0.2, -0.15) is 9.61 Å². The molecule has 3 rings (SSSR count). The fourth-order valence-corrected chi connectivity index (χ4v) is 2.59. The van der Waals surface area contributed by atoms with Crippen molar-refractivity contribution in [3.8, 4) is 5.88 Å². The Morgan fingerprint density at radius 3 is 2.65 bits per heavy atom. The molecule has 2 aromatic rings. The monoisotopic (exact) mass is 318 g/mol. The van der Waals surface area contributed by atoms with E-state index >= 15 is 0 Å². The maximum Gasteiger partial charge on any atom is 0.291 e. The molecule has 2 N–H and O–H groups in total. The number of hydrogen-bond donors (Lipinski definition) is 2. The molecule has 0 aliphatic heterocycles. The lowest BCUT2D eigenvalue weighted by molar-refractivity contribution is 0.0944. The molecular formula is C16H22N4O3. The number of nitrogens with zero attached hydrogens (tertiary/aromatic N) is 3. The highest BCUT2D eigenvalue weighted by Gasteiger charge is 2.30. The molecule has 1 amide bonds. The molecule has 0 radical (unpaired) electrons. The third-order valence-corrected chi connectivity index (χ3v) is 3.75. The van der Waals surface area contributed by atoms with Crippen LogP contribution >= 0.6 is 0 Å². The standard InChI is InChI=1S/C16H22N4O3/c1-9-7-11-19(8-16(2,3)4)14(22)12(15(23)20(11)18-9)13(21)17-10-5-6-10/h7,10,22H,5-6,8H2,1-4H3,(H,17,21). The third kappa shape index (κ3) is 2.95. The van der Waals surface area contributed by atoms with E-state index in [1.807, 2.05) is 20.8 Å². The summed E-state index contributed by atoms with van der Waals surface area (Å²) in [6, 6.07) is 1.84. The minimum Gasteiger partial charge on any atom is -0.494 e. The minimum absolute atomic E-state index is 0.104. The van der Waals surface area contributed by atoms with Crippen molar-refractivity contribution in [1.82, 2.24) is 19.5 Å². The van der Waals surface area contributed by atoms with Crippen molar-refractivity contribution in [2.45, 2.75) is 53.1 Å². The fourth-order valence-electron chi connectivity index (χ4n) is 2.59. The Kier molecular flexibility index (Phi) is 3.46. The molecule has 0 unspecified atom stereocenters. The first kappa shape index (κ1) is 15.6. The summed E-state index contributed by atoms with van der Waals surface area (Å²) >= 11 is 0. The highest BCUT2D eigenvalue weighted by Crippen LogP contribution is 2.26. The van der Waals surface area contributed by atoms with Gasteiger partial charge in [-0.25, -0.2) is 0 Å². The van der Waals surface area contributed by atoms with Gasteiger partial charge in [-0.15, -0.1) is 0 Å². The van der Waals surface area contributed by atoms with Crippen LogP contribution in [0.3, 0.4) is 0 Å². The van der Waals surface area contributed by atoms with Gasteiger partial charge in [-0.1, -0.05) is 20.8 Å². The summed E-state index contributed by atoms with van der Waals surface area (Å²) in [6.45, 7) is 8.29. The van der Waals surface area contributed by atoms with E-state index < -0.39 is 11.5 Å². The van der Waals surface area contributed by atoms with Crippen LogP contribution in [0.1, 0.15) is 49.7 Å². The fraction of sp³-hybridized carbons (Fsp3) is 0.562. The molecule has 0 aromatic carbocycles. The zero-order valence-electron chi connectivity index (χ0n) is 13.9. The van der Waals surface area contributed by atoms with Crippen LogP contribution in [0.15, 0.2) is 10.9 Å². The largest absolute Gasteiger partial charge is 0.494 e. The maximum atomic E-state index is 12.6. The van der Waals surface area contributed by atoms with Gasteiger partial charge in [-0.3, -0.25) is 14.2 Å². The molecule has 0 bridgehead atoms. The first-order valence-electron chi connectivity index (χ1n) is 7.80. The van der Waals surface area contributed by atoms with Crippen LogP contribution in [-0.2, 0) is 6.54 Å². The zero-order chi connectivity index (χ0) is 16.9. The Labute approximate surface area is 133 Å². The second-order valence-corrected chi connectivity index (χ2v) is 7.45. The molecule has 1 aliphatic rings. The summed E-state index contributed by atoms with van der Waals surface area (Å²) in [5.41, 5.74) is 0.174. The van der Waals surface area contributed by atoms with E-state index in [-0.39, 0.29) is 22.9 Å². The second-order valence-electron chi connectivity index (χ2n) is 7.45. The van der Waals surface area contributed by atoms with Gasteiger partial charge in [0, 0.05) is 18.7 Å². The van der Waals surface area contributed by atoms with Crippen LogP contribution < -0.4 is 10.9 Å². The lowest BCUT2D eigenvalue weighted by atomic mass is 9.96. The highest BCUT2D eigenvalue weighted by atomic mass is 16.3. The van der Waals surface area contributed by atoms with Gasteiger partial charge >= 0.3 is 0 Å². The van der Waals surface area contributed by atoms with E-state index in [2.05, 4.69) is 10.4 Å². The molecule has 2 aromatic heterocycles. The molecule has 0 atom stereocenters. The summed E-state index contributed by atoms with van der Waals surface area (Å²) in [5, 5.41) is 17.5. The van der Waals surface area contributed by atoms with Crippen molar-refractivity contribution in [2.75, 3.05) is 0 Å². The quantitative estimate of drug-likeness (QED) is 0.896. The third-order valence-electron chi connectivity index (χ3n) is 3.75. The lowest BCUT2D eigenvalue weighted by Gasteiger charge is -2.23. The van der Waals surface area contributed by atoms with Crippen molar-refractivity contribution >= 4 is 11.6 Å². The number of aryl methyl sites for hydroxylation is 1. The van der Waals surface area contributed by atoms with E-state index in [1.165, 1.54) is 4.52 Å². The molecule has 1 fully saturated rings. The molecule has 0 spiro atoms. The minimum atomic E-state index is -0.589. The molecule has 1 saturated carbocycles. The van der Waals surface area contributed by atoms with Crippen molar-refractivity contribution in [2.24, 2.45) is 5.41 Å². The Hall–Kier alpha value is -2.31. The van der Waals surface area contributed by atoms with Gasteiger partial charge in [0.25, 0.3) is 11.5 Å². The number of aromatic hydroxyl groups is 1. The van der Waals surface area contributed by atoms with Gasteiger partial charge in [0.1, 0.15) is 5.65 Å². The summed E-state index contributed by atoms with van der Waals surface area (Å²) in [4.78, 5) is 25.0. The first-order chi connectivity index (χ1) is 10.7. The van der Waals surface area contributed by atoms with Crippen molar-refractivity contribution in [1.29, 1.82) is 0 Å². The molecule has 0 saturated heterocycles. The van der Waals surface area contributed by atoms with Gasteiger partial charge in [0.2, 0.25) is 5.88 Å². The SMILES string of the molecule is Cc1cc2n(CC(C)(C)C)c(O)c(C(=O)NC3CC3)c(=O)n2n1. The van der Waals surface area contributed by atoms with Crippen molar-refractivity contribution in [3.63, 3.8) is 0 Å². The lowest BCUT2D eigenvalue weighted by Crippen LogP contribution is -2.35. The van der Waals surface area contributed by atoms with Gasteiger partial charge < -0.3 is 10.4 Å². The summed E-state index contributed by atoms with van der Waals surface area (Å²) in [7, 11) is 0. The summed E-state index contributed by atoms with van der Waals surface area (Å²) in [6.07, 6.45) is 1.82. The number of amides is 1. The molecule has 1 aliphatic carbocycles. The van der Waals surface area contributed by atoms with E-state index in [4.69, 9.17) is 0 Å². The van der Waals surface area contributed by atoms with E-state index in [0.29, 0.717) is 17.9 Å². The van der Waals surface area contributed by atoms with Crippen LogP contribution in [0.25, 0.3) is 5.65 Å². The molecule has 7 nitrogen and oxygen atoms in total. The van der Waals surface area contributed by atoms with E-state index in [1.54, 1.807) is 17.6 Å². The van der Waals surface area contributed by atoms with Crippen molar-refractivity contribution in [3.05, 3.63) is 27.7 Å². The number of hydrogen-bond acceptors (Lipinski definition) is 4. The number of aromatic nitrogens is 3. The molecular weight excluding hydrogens is 296 g/mol. The van der Waals surface area contributed by atoms with Gasteiger partial charge in [0.05, 0.1) is 5.69 Å². The normalized spacial score (nSPS) is 15.1. The molecule has 7 heteroatoms. The van der Waals surface area contributed by atoms with Gasteiger partial charge in [0.15, 0.2) is 5.56 Å². The predicted molar refractivity (Wildman–Crippen MR) is 85.8 cm³/mol. The predicted octanol–water partition coefficient (Wildman–Crippen LogP) is 1.45. The smallest absolute Gasteiger partial charge is 0.291 e. The average Bonchev–Trinajstić information content (AvgIpc) is 3.13. The van der Waals surface area contributed by atoms with Crippen LogP contribution in [0, 0.1) is 12.3 Å². The zero-order valence-corrected chi connectivity index (χ0v) is 13.9. The number of nitrogens with one attached hydrogen (secondary N) is 1. The molecule has 23 heavy (non-hydrogen) atoms. The average molecular weight is 318 g/mol. The van der Waals surface area contributed by atoms with Crippen LogP contribution in [0.5, 0.6) is 5.88 Å². The topological polar surface area (TPSA) is 88.6 Å². The number of carbonyl (C=O) groups excluding carboxylic acids is 1. The Bertz CT molecular complexity index is 838. The number of carbonyl (C=O) groups is 1. The first-order valence-corrected chi connectivity index (χ1v) is 7.80. The van der Waals surface area contributed by atoms with Crippen LogP contribution in [0.4, 0.5) is 0 Å².